The number of pyridine rings is 1. The highest BCUT2D eigenvalue weighted by Gasteiger charge is 2.18. The number of hydrogen-bond acceptors (Lipinski definition) is 3. The zero-order valence-electron chi connectivity index (χ0n) is 16.5. The molecular weight excluding hydrogens is 466 g/mol. The summed E-state index contributed by atoms with van der Waals surface area (Å²) in [5, 5.41) is 3.16. The Balaban J connectivity index is 1.80. The van der Waals surface area contributed by atoms with Crippen molar-refractivity contribution in [3.05, 3.63) is 88.4 Å². The number of carbonyl (C=O) groups excluding carboxylic acids is 1. The maximum atomic E-state index is 14.3. The molecule has 0 aliphatic heterocycles. The number of rotatable bonds is 5. The molecule has 0 radical (unpaired) electrons. The molecule has 7 heteroatoms. The van der Waals surface area contributed by atoms with Crippen molar-refractivity contribution in [2.75, 3.05) is 11.9 Å². The number of nitrogens with one attached hydrogen (secondary N) is 1. The summed E-state index contributed by atoms with van der Waals surface area (Å²) in [6, 6.07) is 18.1. The van der Waals surface area contributed by atoms with Crippen LogP contribution in [-0.4, -0.2) is 17.5 Å². The van der Waals surface area contributed by atoms with Crippen LogP contribution in [-0.2, 0) is 0 Å². The van der Waals surface area contributed by atoms with E-state index in [1.807, 2.05) is 37.3 Å². The summed E-state index contributed by atoms with van der Waals surface area (Å²) in [5.74, 6) is -1.46. The van der Waals surface area contributed by atoms with Gasteiger partial charge < -0.3 is 10.1 Å². The van der Waals surface area contributed by atoms with Crippen LogP contribution in [0.5, 0.6) is 5.75 Å². The summed E-state index contributed by atoms with van der Waals surface area (Å²) >= 11 is 3.10. The van der Waals surface area contributed by atoms with Gasteiger partial charge in [-0.15, -0.1) is 0 Å². The number of ether oxygens (including phenoxy) is 1. The molecule has 4 aromatic rings. The number of carbonyl (C=O) groups is 1. The Labute approximate surface area is 186 Å². The van der Waals surface area contributed by atoms with Gasteiger partial charge in [0.2, 0.25) is 0 Å². The average molecular weight is 483 g/mol. The Morgan fingerprint density at radius 3 is 2.65 bits per heavy atom. The summed E-state index contributed by atoms with van der Waals surface area (Å²) in [6.45, 7) is 2.43. The molecule has 0 aliphatic carbocycles. The Morgan fingerprint density at radius 1 is 1.06 bits per heavy atom. The molecule has 156 valence electrons. The van der Waals surface area contributed by atoms with Gasteiger partial charge in [-0.25, -0.2) is 13.8 Å². The average Bonchev–Trinajstić information content (AvgIpc) is 2.75. The highest BCUT2D eigenvalue weighted by Crippen LogP contribution is 2.30. The maximum Gasteiger partial charge on any atom is 0.256 e. The number of amides is 1. The molecule has 0 saturated carbocycles. The number of hydrogen-bond donors (Lipinski definition) is 1. The van der Waals surface area contributed by atoms with Crippen LogP contribution in [0.2, 0.25) is 0 Å². The normalized spacial score (nSPS) is 10.8. The minimum absolute atomic E-state index is 0.112. The maximum absolute atomic E-state index is 14.3. The van der Waals surface area contributed by atoms with Crippen molar-refractivity contribution in [1.82, 2.24) is 4.98 Å². The molecule has 1 N–H and O–H groups in total. The summed E-state index contributed by atoms with van der Waals surface area (Å²) < 4.78 is 33.3. The first-order valence-electron chi connectivity index (χ1n) is 9.55. The molecule has 1 heterocycles. The Hall–Kier alpha value is -3.32. The lowest BCUT2D eigenvalue weighted by atomic mass is 10.0. The van der Waals surface area contributed by atoms with Crippen molar-refractivity contribution in [1.29, 1.82) is 0 Å². The number of aromatic nitrogens is 1. The van der Waals surface area contributed by atoms with Crippen LogP contribution in [0.3, 0.4) is 0 Å². The van der Waals surface area contributed by atoms with E-state index in [4.69, 9.17) is 4.74 Å². The van der Waals surface area contributed by atoms with Gasteiger partial charge in [-0.1, -0.05) is 30.3 Å². The number of nitrogens with zero attached hydrogens (tertiary/aromatic N) is 1. The first kappa shape index (κ1) is 20.9. The molecule has 3 aromatic carbocycles. The highest BCUT2D eigenvalue weighted by molar-refractivity contribution is 9.10. The zero-order valence-corrected chi connectivity index (χ0v) is 18.0. The third kappa shape index (κ3) is 4.41. The van der Waals surface area contributed by atoms with Crippen molar-refractivity contribution in [3.8, 4) is 17.0 Å². The number of benzene rings is 3. The van der Waals surface area contributed by atoms with Crippen LogP contribution in [0.25, 0.3) is 22.2 Å². The van der Waals surface area contributed by atoms with Gasteiger partial charge in [0, 0.05) is 21.5 Å². The van der Waals surface area contributed by atoms with Crippen molar-refractivity contribution in [2.45, 2.75) is 6.92 Å². The molecule has 31 heavy (non-hydrogen) atoms. The first-order valence-corrected chi connectivity index (χ1v) is 10.3. The molecule has 0 unspecified atom stereocenters. The molecule has 0 bridgehead atoms. The molecule has 1 amide bonds. The van der Waals surface area contributed by atoms with Crippen molar-refractivity contribution >= 4 is 38.4 Å². The smallest absolute Gasteiger partial charge is 0.256 e. The lowest BCUT2D eigenvalue weighted by Crippen LogP contribution is -2.15. The van der Waals surface area contributed by atoms with E-state index in [-0.39, 0.29) is 10.2 Å². The van der Waals surface area contributed by atoms with Gasteiger partial charge in [-0.3, -0.25) is 4.79 Å². The predicted octanol–water partition coefficient (Wildman–Crippen LogP) is 6.59. The van der Waals surface area contributed by atoms with Gasteiger partial charge in [-0.2, -0.15) is 0 Å². The van der Waals surface area contributed by atoms with Gasteiger partial charge >= 0.3 is 0 Å². The number of halogens is 3. The molecule has 4 nitrogen and oxygen atoms in total. The van der Waals surface area contributed by atoms with E-state index < -0.39 is 17.5 Å². The molecule has 1 aromatic heterocycles. The predicted molar refractivity (Wildman–Crippen MR) is 120 cm³/mol. The van der Waals surface area contributed by atoms with E-state index in [9.17, 15) is 13.6 Å². The summed E-state index contributed by atoms with van der Waals surface area (Å²) in [6.07, 6.45) is 0. The summed E-state index contributed by atoms with van der Waals surface area (Å²) in [5.41, 5.74) is 2.15. The molecule has 0 spiro atoms. The van der Waals surface area contributed by atoms with Crippen molar-refractivity contribution in [2.24, 2.45) is 0 Å². The fraction of sp³-hybridized carbons (Fsp3) is 0.0833. The third-order valence-electron chi connectivity index (χ3n) is 4.65. The van der Waals surface area contributed by atoms with Crippen LogP contribution in [0.15, 0.2) is 71.2 Å². The third-order valence-corrected chi connectivity index (χ3v) is 5.27. The van der Waals surface area contributed by atoms with Crippen LogP contribution in [0.1, 0.15) is 17.3 Å². The SMILES string of the molecule is CCOc1cccc(-c2cc(C(=O)Nc3c(F)cc(F)cc3Br)c3ccccc3n2)c1. The number of para-hydroxylation sites is 1. The Morgan fingerprint density at radius 2 is 1.87 bits per heavy atom. The van der Waals surface area contributed by atoms with E-state index in [2.05, 4.69) is 26.2 Å². The van der Waals surface area contributed by atoms with Crippen LogP contribution >= 0.6 is 15.9 Å². The summed E-state index contributed by atoms with van der Waals surface area (Å²) in [4.78, 5) is 17.8. The minimum atomic E-state index is -0.872. The van der Waals surface area contributed by atoms with E-state index in [0.29, 0.717) is 34.5 Å². The Bertz CT molecular complexity index is 1270. The van der Waals surface area contributed by atoms with E-state index in [1.54, 1.807) is 24.3 Å². The largest absolute Gasteiger partial charge is 0.494 e. The quantitative estimate of drug-likeness (QED) is 0.348. The molecule has 0 fully saturated rings. The van der Waals surface area contributed by atoms with Crippen LogP contribution in [0.4, 0.5) is 14.5 Å². The fourth-order valence-corrected chi connectivity index (χ4v) is 3.77. The van der Waals surface area contributed by atoms with E-state index >= 15 is 0 Å². The van der Waals surface area contributed by atoms with E-state index in [1.165, 1.54) is 0 Å². The Kier molecular flexibility index (Phi) is 5.95. The number of fused-ring (bicyclic) bond motifs is 1. The topological polar surface area (TPSA) is 51.2 Å². The van der Waals surface area contributed by atoms with Crippen molar-refractivity contribution in [3.63, 3.8) is 0 Å². The van der Waals surface area contributed by atoms with Gasteiger partial charge in [-0.05, 0) is 53.2 Å². The van der Waals surface area contributed by atoms with Gasteiger partial charge in [0.1, 0.15) is 11.6 Å². The second-order valence-electron chi connectivity index (χ2n) is 6.73. The molecule has 0 saturated heterocycles. The lowest BCUT2D eigenvalue weighted by Gasteiger charge is -2.13. The van der Waals surface area contributed by atoms with Gasteiger partial charge in [0.05, 0.1) is 29.1 Å². The first-order chi connectivity index (χ1) is 15.0. The van der Waals surface area contributed by atoms with Crippen LogP contribution in [0, 0.1) is 11.6 Å². The second-order valence-corrected chi connectivity index (χ2v) is 7.59. The monoisotopic (exact) mass is 482 g/mol. The molecule has 0 aliphatic rings. The fourth-order valence-electron chi connectivity index (χ4n) is 3.27. The van der Waals surface area contributed by atoms with E-state index in [0.717, 1.165) is 17.7 Å². The molecule has 4 rings (SSSR count). The van der Waals surface area contributed by atoms with Gasteiger partial charge in [0.25, 0.3) is 5.91 Å². The number of anilines is 1. The minimum Gasteiger partial charge on any atom is -0.494 e. The standard InChI is InChI=1S/C24H17BrF2N2O2/c1-2-31-16-7-5-6-14(10-16)22-13-18(17-8-3-4-9-21(17)28-22)24(30)29-23-19(25)11-15(26)12-20(23)27/h3-13H,2H2,1H3,(H,29,30). The molecular formula is C24H17BrF2N2O2. The summed E-state index contributed by atoms with van der Waals surface area (Å²) in [7, 11) is 0. The van der Waals surface area contributed by atoms with Crippen molar-refractivity contribution < 1.29 is 18.3 Å². The second kappa shape index (κ2) is 8.81. The lowest BCUT2D eigenvalue weighted by molar-refractivity contribution is 0.102. The van der Waals surface area contributed by atoms with Gasteiger partial charge in [0.15, 0.2) is 5.82 Å². The molecule has 0 atom stereocenters. The zero-order chi connectivity index (χ0) is 22.0. The van der Waals surface area contributed by atoms with Crippen LogP contribution < -0.4 is 10.1 Å². The highest BCUT2D eigenvalue weighted by atomic mass is 79.9.